The Morgan fingerprint density at radius 1 is 1.27 bits per heavy atom. The number of halogens is 1. The van der Waals surface area contributed by atoms with Gasteiger partial charge in [-0.25, -0.2) is 4.99 Å². The Balaban J connectivity index is 0.00000338. The molecule has 1 atom stereocenters. The number of para-hydroxylation sites is 1. The predicted molar refractivity (Wildman–Crippen MR) is 118 cm³/mol. The summed E-state index contributed by atoms with van der Waals surface area (Å²) < 4.78 is 10.6. The molecule has 26 heavy (non-hydrogen) atoms. The lowest BCUT2D eigenvalue weighted by atomic mass is 10.2. The molecule has 1 unspecified atom stereocenters. The smallest absolute Gasteiger partial charge is 0.191 e. The Labute approximate surface area is 174 Å². The van der Waals surface area contributed by atoms with Gasteiger partial charge in [-0.05, 0) is 32.4 Å². The number of guanidine groups is 1. The van der Waals surface area contributed by atoms with Crippen LogP contribution in [-0.2, 0) is 11.3 Å². The second-order valence-electron chi connectivity index (χ2n) is 6.21. The third kappa shape index (κ3) is 7.28. The van der Waals surface area contributed by atoms with E-state index in [0.717, 1.165) is 50.1 Å². The van der Waals surface area contributed by atoms with Gasteiger partial charge in [0.2, 0.25) is 0 Å². The van der Waals surface area contributed by atoms with E-state index in [1.54, 1.807) is 14.2 Å². The quantitative estimate of drug-likeness (QED) is 0.326. The Hall–Kier alpha value is -1.06. The zero-order valence-electron chi connectivity index (χ0n) is 16.2. The SMILES string of the molecule is CCNC(=NCc1ccccc1OC)NCC1CCCN1CCOC.I. The van der Waals surface area contributed by atoms with E-state index in [9.17, 15) is 0 Å². The van der Waals surface area contributed by atoms with Gasteiger partial charge in [-0.15, -0.1) is 24.0 Å². The Morgan fingerprint density at radius 3 is 2.81 bits per heavy atom. The highest BCUT2D eigenvalue weighted by atomic mass is 127. The van der Waals surface area contributed by atoms with Crippen LogP contribution in [0.2, 0.25) is 0 Å². The van der Waals surface area contributed by atoms with Crippen LogP contribution in [0.15, 0.2) is 29.3 Å². The summed E-state index contributed by atoms with van der Waals surface area (Å²) in [5, 5.41) is 6.82. The molecule has 0 aromatic heterocycles. The van der Waals surface area contributed by atoms with Crippen molar-refractivity contribution >= 4 is 29.9 Å². The van der Waals surface area contributed by atoms with Gasteiger partial charge in [0.15, 0.2) is 5.96 Å². The Morgan fingerprint density at radius 2 is 2.08 bits per heavy atom. The Kier molecular flexibility index (Phi) is 11.6. The van der Waals surface area contributed by atoms with Gasteiger partial charge in [-0.1, -0.05) is 18.2 Å². The summed E-state index contributed by atoms with van der Waals surface area (Å²) in [6.45, 7) is 7.37. The molecule has 1 aromatic carbocycles. The maximum atomic E-state index is 5.40. The number of aliphatic imine (C=N–C) groups is 1. The van der Waals surface area contributed by atoms with E-state index in [2.05, 4.69) is 28.5 Å². The third-order valence-electron chi connectivity index (χ3n) is 4.53. The number of nitrogens with one attached hydrogen (secondary N) is 2. The van der Waals surface area contributed by atoms with Crippen molar-refractivity contribution in [2.45, 2.75) is 32.4 Å². The van der Waals surface area contributed by atoms with Crippen molar-refractivity contribution < 1.29 is 9.47 Å². The molecule has 0 bridgehead atoms. The number of nitrogens with zero attached hydrogens (tertiary/aromatic N) is 2. The predicted octanol–water partition coefficient (Wildman–Crippen LogP) is 2.48. The fraction of sp³-hybridized carbons (Fsp3) is 0.632. The molecule has 0 radical (unpaired) electrons. The molecule has 1 aliphatic rings. The van der Waals surface area contributed by atoms with Crippen LogP contribution < -0.4 is 15.4 Å². The van der Waals surface area contributed by atoms with Crippen LogP contribution in [0.25, 0.3) is 0 Å². The highest BCUT2D eigenvalue weighted by Crippen LogP contribution is 2.18. The number of hydrogen-bond donors (Lipinski definition) is 2. The maximum Gasteiger partial charge on any atom is 0.191 e. The van der Waals surface area contributed by atoms with Crippen LogP contribution in [0.4, 0.5) is 0 Å². The first-order valence-corrected chi connectivity index (χ1v) is 9.15. The van der Waals surface area contributed by atoms with Crippen molar-refractivity contribution in [3.05, 3.63) is 29.8 Å². The first-order valence-electron chi connectivity index (χ1n) is 9.15. The summed E-state index contributed by atoms with van der Waals surface area (Å²) in [6, 6.07) is 8.56. The van der Waals surface area contributed by atoms with E-state index in [1.807, 2.05) is 18.2 Å². The molecular weight excluding hydrogens is 443 g/mol. The second-order valence-corrected chi connectivity index (χ2v) is 6.21. The van der Waals surface area contributed by atoms with Crippen LogP contribution >= 0.6 is 24.0 Å². The van der Waals surface area contributed by atoms with Crippen molar-refractivity contribution in [3.63, 3.8) is 0 Å². The summed E-state index contributed by atoms with van der Waals surface area (Å²) in [6.07, 6.45) is 2.48. The molecule has 6 nitrogen and oxygen atoms in total. The van der Waals surface area contributed by atoms with Crippen LogP contribution in [-0.4, -0.2) is 63.9 Å². The minimum Gasteiger partial charge on any atom is -0.496 e. The number of methoxy groups -OCH3 is 2. The molecule has 0 amide bonds. The van der Waals surface area contributed by atoms with Crippen LogP contribution in [0.3, 0.4) is 0 Å². The molecule has 1 fully saturated rings. The molecule has 0 aliphatic carbocycles. The minimum atomic E-state index is 0. The molecule has 7 heteroatoms. The number of hydrogen-bond acceptors (Lipinski definition) is 4. The standard InChI is InChI=1S/C19H32N4O2.HI/c1-4-20-19(21-14-16-8-5-6-10-18(16)25-3)22-15-17-9-7-11-23(17)12-13-24-2;/h5-6,8,10,17H,4,7,9,11-15H2,1-3H3,(H2,20,21,22);1H. The number of benzene rings is 1. The van der Waals surface area contributed by atoms with Crippen LogP contribution in [0.1, 0.15) is 25.3 Å². The topological polar surface area (TPSA) is 58.1 Å². The highest BCUT2D eigenvalue weighted by Gasteiger charge is 2.23. The van der Waals surface area contributed by atoms with Gasteiger partial charge in [-0.3, -0.25) is 4.90 Å². The highest BCUT2D eigenvalue weighted by molar-refractivity contribution is 14.0. The van der Waals surface area contributed by atoms with E-state index < -0.39 is 0 Å². The first-order chi connectivity index (χ1) is 12.3. The summed E-state index contributed by atoms with van der Waals surface area (Å²) in [5.41, 5.74) is 1.09. The summed E-state index contributed by atoms with van der Waals surface area (Å²) in [7, 11) is 3.46. The summed E-state index contributed by atoms with van der Waals surface area (Å²) in [4.78, 5) is 7.21. The van der Waals surface area contributed by atoms with Gasteiger partial charge in [-0.2, -0.15) is 0 Å². The number of likely N-dealkylation sites (tertiary alicyclic amines) is 1. The molecule has 0 spiro atoms. The lowest BCUT2D eigenvalue weighted by Gasteiger charge is -2.25. The fourth-order valence-corrected chi connectivity index (χ4v) is 3.18. The largest absolute Gasteiger partial charge is 0.496 e. The van der Waals surface area contributed by atoms with Gasteiger partial charge in [0, 0.05) is 38.3 Å². The molecular formula is C19H33IN4O2. The van der Waals surface area contributed by atoms with Gasteiger partial charge in [0.1, 0.15) is 5.75 Å². The summed E-state index contributed by atoms with van der Waals surface area (Å²) in [5.74, 6) is 1.73. The second kappa shape index (κ2) is 13.2. The normalized spacial score (nSPS) is 17.7. The zero-order valence-corrected chi connectivity index (χ0v) is 18.5. The molecule has 1 saturated heterocycles. The van der Waals surface area contributed by atoms with Gasteiger partial charge in [0.05, 0.1) is 20.3 Å². The van der Waals surface area contributed by atoms with Crippen LogP contribution in [0, 0.1) is 0 Å². The van der Waals surface area contributed by atoms with Crippen molar-refractivity contribution in [1.82, 2.24) is 15.5 Å². The first kappa shape index (κ1) is 23.0. The maximum absolute atomic E-state index is 5.40. The molecule has 148 valence electrons. The van der Waals surface area contributed by atoms with E-state index in [1.165, 1.54) is 12.8 Å². The minimum absolute atomic E-state index is 0. The number of rotatable bonds is 9. The fourth-order valence-electron chi connectivity index (χ4n) is 3.18. The summed E-state index contributed by atoms with van der Waals surface area (Å²) >= 11 is 0. The lowest BCUT2D eigenvalue weighted by Crippen LogP contribution is -2.45. The van der Waals surface area contributed by atoms with Crippen LogP contribution in [0.5, 0.6) is 5.75 Å². The third-order valence-corrected chi connectivity index (χ3v) is 4.53. The van der Waals surface area contributed by atoms with Crippen molar-refractivity contribution in [2.75, 3.05) is 47.0 Å². The molecule has 1 aromatic rings. The molecule has 1 heterocycles. The monoisotopic (exact) mass is 476 g/mol. The zero-order chi connectivity index (χ0) is 17.9. The molecule has 0 saturated carbocycles. The van der Waals surface area contributed by atoms with E-state index >= 15 is 0 Å². The van der Waals surface area contributed by atoms with Crippen molar-refractivity contribution in [1.29, 1.82) is 0 Å². The van der Waals surface area contributed by atoms with Gasteiger partial charge in [0.25, 0.3) is 0 Å². The molecule has 1 aliphatic heterocycles. The van der Waals surface area contributed by atoms with E-state index in [0.29, 0.717) is 12.6 Å². The van der Waals surface area contributed by atoms with Gasteiger partial charge >= 0.3 is 0 Å². The van der Waals surface area contributed by atoms with E-state index in [-0.39, 0.29) is 24.0 Å². The Bertz CT molecular complexity index is 542. The lowest BCUT2D eigenvalue weighted by molar-refractivity contribution is 0.141. The van der Waals surface area contributed by atoms with Crippen molar-refractivity contribution in [3.8, 4) is 5.75 Å². The molecule has 2 N–H and O–H groups in total. The van der Waals surface area contributed by atoms with Crippen molar-refractivity contribution in [2.24, 2.45) is 4.99 Å². The van der Waals surface area contributed by atoms with E-state index in [4.69, 9.17) is 14.5 Å². The average Bonchev–Trinajstić information content (AvgIpc) is 3.09. The van der Waals surface area contributed by atoms with Gasteiger partial charge < -0.3 is 20.1 Å². The average molecular weight is 476 g/mol. The molecule has 2 rings (SSSR count). The number of ether oxygens (including phenoxy) is 2.